The van der Waals surface area contributed by atoms with E-state index < -0.39 is 0 Å². The molecular formula is C9H8BrN3OS. The van der Waals surface area contributed by atoms with Gasteiger partial charge in [-0.05, 0) is 28.3 Å². The van der Waals surface area contributed by atoms with Crippen LogP contribution in [0.2, 0.25) is 0 Å². The van der Waals surface area contributed by atoms with Gasteiger partial charge in [-0.15, -0.1) is 16.9 Å². The van der Waals surface area contributed by atoms with Crippen LogP contribution in [0.3, 0.4) is 0 Å². The maximum absolute atomic E-state index is 5.11. The molecule has 0 aliphatic carbocycles. The molecule has 0 spiro atoms. The molecule has 0 unspecified atom stereocenters. The molecule has 0 radical (unpaired) electrons. The van der Waals surface area contributed by atoms with Gasteiger partial charge in [-0.1, -0.05) is 0 Å². The van der Waals surface area contributed by atoms with Crippen LogP contribution in [0.4, 0.5) is 0 Å². The normalized spacial score (nSPS) is 10.6. The second-order valence-corrected chi connectivity index (χ2v) is 4.42. The zero-order valence-electron chi connectivity index (χ0n) is 8.19. The Morgan fingerprint density at radius 1 is 1.47 bits per heavy atom. The van der Waals surface area contributed by atoms with Gasteiger partial charge < -0.3 is 4.74 Å². The highest BCUT2D eigenvalue weighted by molar-refractivity contribution is 9.10. The number of rotatable bonds is 2. The van der Waals surface area contributed by atoms with Crippen molar-refractivity contribution < 1.29 is 4.74 Å². The molecular weight excluding hydrogens is 278 g/mol. The van der Waals surface area contributed by atoms with Crippen molar-refractivity contribution in [2.45, 2.75) is 5.03 Å². The van der Waals surface area contributed by atoms with Crippen molar-refractivity contribution in [2.75, 3.05) is 13.4 Å². The van der Waals surface area contributed by atoms with E-state index in [1.54, 1.807) is 25.1 Å². The van der Waals surface area contributed by atoms with Crippen LogP contribution >= 0.6 is 27.7 Å². The molecule has 4 nitrogen and oxygen atoms in total. The summed E-state index contributed by atoms with van der Waals surface area (Å²) >= 11 is 4.94. The maximum Gasteiger partial charge on any atom is 0.228 e. The molecule has 0 fully saturated rings. The molecule has 0 atom stereocenters. The van der Waals surface area contributed by atoms with E-state index in [9.17, 15) is 0 Å². The number of thioether (sulfide) groups is 1. The molecule has 2 aromatic heterocycles. The summed E-state index contributed by atoms with van der Waals surface area (Å²) in [6.45, 7) is 0. The van der Waals surface area contributed by atoms with Crippen LogP contribution in [0.1, 0.15) is 0 Å². The van der Waals surface area contributed by atoms with Crippen LogP contribution in [0.5, 0.6) is 5.88 Å². The molecule has 0 amide bonds. The molecule has 78 valence electrons. The first-order valence-corrected chi connectivity index (χ1v) is 6.18. The first-order valence-electron chi connectivity index (χ1n) is 4.16. The first kappa shape index (κ1) is 10.6. The predicted octanol–water partition coefficient (Wildman–Crippen LogP) is 2.52. The van der Waals surface area contributed by atoms with Crippen molar-refractivity contribution in [3.05, 3.63) is 16.7 Å². The third-order valence-corrected chi connectivity index (χ3v) is 3.18. The highest BCUT2D eigenvalue weighted by atomic mass is 79.9. The van der Waals surface area contributed by atoms with Gasteiger partial charge in [0.05, 0.1) is 23.3 Å². The Bertz CT molecular complexity index is 506. The summed E-state index contributed by atoms with van der Waals surface area (Å²) in [5.74, 6) is 0.558. The highest BCUT2D eigenvalue weighted by Gasteiger charge is 2.08. The summed E-state index contributed by atoms with van der Waals surface area (Å²) in [4.78, 5) is 4.32. The van der Waals surface area contributed by atoms with Crippen LogP contribution in [-0.4, -0.2) is 28.5 Å². The third kappa shape index (κ3) is 1.91. The number of ether oxygens (including phenoxy) is 1. The van der Waals surface area contributed by atoms with Gasteiger partial charge in [0.15, 0.2) is 0 Å². The lowest BCUT2D eigenvalue weighted by Gasteiger charge is -2.05. The Morgan fingerprint density at radius 2 is 2.27 bits per heavy atom. The minimum Gasteiger partial charge on any atom is -0.480 e. The largest absolute Gasteiger partial charge is 0.480 e. The SMILES string of the molecule is COc1nc2cnnc(SC)c2cc1Br. The smallest absolute Gasteiger partial charge is 0.228 e. The van der Waals surface area contributed by atoms with Crippen LogP contribution in [0.15, 0.2) is 21.8 Å². The summed E-state index contributed by atoms with van der Waals surface area (Å²) in [6.07, 6.45) is 3.59. The standard InChI is InChI=1S/C9H8BrN3OS/c1-14-8-6(10)3-5-7(12-8)4-11-13-9(5)15-2/h3-4H,1-2H3. The van der Waals surface area contributed by atoms with Crippen molar-refractivity contribution in [3.8, 4) is 5.88 Å². The van der Waals surface area contributed by atoms with E-state index >= 15 is 0 Å². The maximum atomic E-state index is 5.11. The minimum absolute atomic E-state index is 0.558. The van der Waals surface area contributed by atoms with E-state index in [2.05, 4.69) is 31.1 Å². The van der Waals surface area contributed by atoms with Crippen molar-refractivity contribution >= 4 is 38.6 Å². The molecule has 15 heavy (non-hydrogen) atoms. The molecule has 2 aromatic rings. The molecule has 2 rings (SSSR count). The van der Waals surface area contributed by atoms with E-state index in [1.165, 1.54) is 0 Å². The number of pyridine rings is 1. The van der Waals surface area contributed by atoms with E-state index in [0.29, 0.717) is 5.88 Å². The molecule has 0 bridgehead atoms. The Labute approximate surface area is 99.6 Å². The average Bonchev–Trinajstić information content (AvgIpc) is 2.27. The van der Waals surface area contributed by atoms with Crippen LogP contribution in [0.25, 0.3) is 10.9 Å². The third-order valence-electron chi connectivity index (χ3n) is 1.92. The Morgan fingerprint density at radius 3 is 2.93 bits per heavy atom. The number of aromatic nitrogens is 3. The zero-order chi connectivity index (χ0) is 10.8. The molecule has 0 aliphatic heterocycles. The molecule has 2 heterocycles. The van der Waals surface area contributed by atoms with E-state index in [-0.39, 0.29) is 0 Å². The van der Waals surface area contributed by atoms with Crippen LogP contribution in [0, 0.1) is 0 Å². The molecule has 0 aromatic carbocycles. The van der Waals surface area contributed by atoms with Gasteiger partial charge >= 0.3 is 0 Å². The van der Waals surface area contributed by atoms with E-state index in [1.807, 2.05) is 12.3 Å². The Hall–Kier alpha value is -0.880. The fraction of sp³-hybridized carbons (Fsp3) is 0.222. The van der Waals surface area contributed by atoms with Gasteiger partial charge in [-0.3, -0.25) is 0 Å². The molecule has 0 N–H and O–H groups in total. The van der Waals surface area contributed by atoms with Crippen LogP contribution < -0.4 is 4.74 Å². The van der Waals surface area contributed by atoms with Crippen molar-refractivity contribution in [1.29, 1.82) is 0 Å². The lowest BCUT2D eigenvalue weighted by Crippen LogP contribution is -1.93. The monoisotopic (exact) mass is 285 g/mol. The lowest BCUT2D eigenvalue weighted by atomic mass is 10.3. The van der Waals surface area contributed by atoms with Gasteiger partial charge in [0, 0.05) is 5.39 Å². The number of methoxy groups -OCH3 is 1. The summed E-state index contributed by atoms with van der Waals surface area (Å²) in [5.41, 5.74) is 0.786. The van der Waals surface area contributed by atoms with Gasteiger partial charge in [-0.25, -0.2) is 4.98 Å². The lowest BCUT2D eigenvalue weighted by molar-refractivity contribution is 0.396. The fourth-order valence-corrected chi connectivity index (χ4v) is 2.23. The first-order chi connectivity index (χ1) is 7.26. The number of nitrogens with zero attached hydrogens (tertiary/aromatic N) is 3. The van der Waals surface area contributed by atoms with Gasteiger partial charge in [-0.2, -0.15) is 5.10 Å². The highest BCUT2D eigenvalue weighted by Crippen LogP contribution is 2.30. The minimum atomic E-state index is 0.558. The number of hydrogen-bond donors (Lipinski definition) is 0. The van der Waals surface area contributed by atoms with E-state index in [4.69, 9.17) is 4.74 Å². The molecule has 6 heteroatoms. The molecule has 0 saturated heterocycles. The average molecular weight is 286 g/mol. The van der Waals surface area contributed by atoms with E-state index in [0.717, 1.165) is 20.4 Å². The summed E-state index contributed by atoms with van der Waals surface area (Å²) in [7, 11) is 1.59. The van der Waals surface area contributed by atoms with Gasteiger partial charge in [0.2, 0.25) is 5.88 Å². The van der Waals surface area contributed by atoms with Crippen molar-refractivity contribution in [1.82, 2.24) is 15.2 Å². The molecule has 0 saturated carbocycles. The zero-order valence-corrected chi connectivity index (χ0v) is 10.6. The number of hydrogen-bond acceptors (Lipinski definition) is 5. The second kappa shape index (κ2) is 4.32. The second-order valence-electron chi connectivity index (χ2n) is 2.77. The Kier molecular flexibility index (Phi) is 3.06. The topological polar surface area (TPSA) is 47.9 Å². The summed E-state index contributed by atoms with van der Waals surface area (Å²) < 4.78 is 5.93. The quantitative estimate of drug-likeness (QED) is 0.794. The van der Waals surface area contributed by atoms with Gasteiger partial charge in [0.1, 0.15) is 5.03 Å². The van der Waals surface area contributed by atoms with Crippen LogP contribution in [-0.2, 0) is 0 Å². The predicted molar refractivity (Wildman–Crippen MR) is 63.4 cm³/mol. The van der Waals surface area contributed by atoms with Crippen molar-refractivity contribution in [2.24, 2.45) is 0 Å². The number of fused-ring (bicyclic) bond motifs is 1. The summed E-state index contributed by atoms with van der Waals surface area (Å²) in [6, 6.07) is 1.95. The van der Waals surface area contributed by atoms with Crippen molar-refractivity contribution in [3.63, 3.8) is 0 Å². The number of halogens is 1. The van der Waals surface area contributed by atoms with Gasteiger partial charge in [0.25, 0.3) is 0 Å². The molecule has 0 aliphatic rings. The fourth-order valence-electron chi connectivity index (χ4n) is 1.24. The Balaban J connectivity index is 2.74. The summed E-state index contributed by atoms with van der Waals surface area (Å²) in [5, 5.41) is 9.76.